The largest absolute Gasteiger partial charge is 0.377 e. The average molecular weight is 297 g/mol. The second kappa shape index (κ2) is 6.17. The zero-order valence-corrected chi connectivity index (χ0v) is 14.9. The van der Waals surface area contributed by atoms with Crippen molar-refractivity contribution in [3.8, 4) is 0 Å². The third-order valence-electron chi connectivity index (χ3n) is 4.66. The van der Waals surface area contributed by atoms with E-state index in [1.54, 1.807) is 0 Å². The van der Waals surface area contributed by atoms with Crippen molar-refractivity contribution in [1.82, 2.24) is 5.32 Å². The topological polar surface area (TPSA) is 30.5 Å². The zero-order chi connectivity index (χ0) is 15.7. The molecule has 2 fully saturated rings. The van der Waals surface area contributed by atoms with Gasteiger partial charge >= 0.3 is 0 Å². The summed E-state index contributed by atoms with van der Waals surface area (Å²) in [5.41, 5.74) is 0.376. The fourth-order valence-corrected chi connectivity index (χ4v) is 3.29. The maximum Gasteiger partial charge on any atom is 0.0673 e. The van der Waals surface area contributed by atoms with Crippen LogP contribution in [-0.2, 0) is 9.47 Å². The number of ether oxygens (including phenoxy) is 2. The molecule has 3 heteroatoms. The number of hydrogen-bond donors (Lipinski definition) is 1. The fourth-order valence-electron chi connectivity index (χ4n) is 3.29. The molecule has 0 aromatic carbocycles. The van der Waals surface area contributed by atoms with Crippen LogP contribution >= 0.6 is 0 Å². The second-order valence-corrected chi connectivity index (χ2v) is 9.06. The van der Waals surface area contributed by atoms with Crippen LogP contribution in [0.15, 0.2) is 0 Å². The highest BCUT2D eigenvalue weighted by Gasteiger charge is 2.50. The van der Waals surface area contributed by atoms with Crippen molar-refractivity contribution < 1.29 is 9.47 Å². The highest BCUT2D eigenvalue weighted by atomic mass is 16.5. The minimum Gasteiger partial charge on any atom is -0.377 e. The first kappa shape index (κ1) is 17.2. The predicted molar refractivity (Wildman–Crippen MR) is 87.6 cm³/mol. The maximum atomic E-state index is 6.15. The van der Waals surface area contributed by atoms with E-state index >= 15 is 0 Å². The number of nitrogens with one attached hydrogen (secondary N) is 1. The Kier molecular flexibility index (Phi) is 5.07. The molecule has 0 aromatic heterocycles. The third kappa shape index (κ3) is 5.22. The molecular weight excluding hydrogens is 262 g/mol. The molecular formula is C18H35NO2. The van der Waals surface area contributed by atoms with E-state index < -0.39 is 0 Å². The molecule has 0 amide bonds. The average Bonchev–Trinajstić information content (AvgIpc) is 3.07. The summed E-state index contributed by atoms with van der Waals surface area (Å²) in [5, 5.41) is 3.73. The van der Waals surface area contributed by atoms with Crippen molar-refractivity contribution in [2.24, 2.45) is 11.3 Å². The van der Waals surface area contributed by atoms with Crippen LogP contribution in [0.2, 0.25) is 0 Å². The Morgan fingerprint density at radius 2 is 1.81 bits per heavy atom. The predicted octanol–water partition coefficient (Wildman–Crippen LogP) is 3.77. The van der Waals surface area contributed by atoms with Crippen molar-refractivity contribution in [1.29, 1.82) is 0 Å². The van der Waals surface area contributed by atoms with Gasteiger partial charge in [0, 0.05) is 30.7 Å². The van der Waals surface area contributed by atoms with Crippen LogP contribution in [0, 0.1) is 11.3 Å². The minimum absolute atomic E-state index is 0.0484. The fraction of sp³-hybridized carbons (Fsp3) is 1.00. The van der Waals surface area contributed by atoms with Crippen LogP contribution in [0.3, 0.4) is 0 Å². The number of rotatable bonds is 6. The molecule has 1 saturated carbocycles. The molecule has 1 N–H and O–H groups in total. The monoisotopic (exact) mass is 297 g/mol. The first-order valence-electron chi connectivity index (χ1n) is 8.62. The summed E-state index contributed by atoms with van der Waals surface area (Å²) in [5.74, 6) is 0.795. The third-order valence-corrected chi connectivity index (χ3v) is 4.66. The summed E-state index contributed by atoms with van der Waals surface area (Å²) in [6, 6.07) is 0. The molecule has 0 bridgehead atoms. The molecule has 1 aliphatic carbocycles. The summed E-state index contributed by atoms with van der Waals surface area (Å²) in [4.78, 5) is 0. The molecule has 1 heterocycles. The van der Waals surface area contributed by atoms with Crippen LogP contribution in [0.25, 0.3) is 0 Å². The lowest BCUT2D eigenvalue weighted by Crippen LogP contribution is -2.48. The Morgan fingerprint density at radius 1 is 1.14 bits per heavy atom. The molecule has 1 saturated heterocycles. The summed E-state index contributed by atoms with van der Waals surface area (Å²) >= 11 is 0. The Morgan fingerprint density at radius 3 is 2.33 bits per heavy atom. The van der Waals surface area contributed by atoms with Crippen molar-refractivity contribution >= 4 is 0 Å². The lowest BCUT2D eigenvalue weighted by molar-refractivity contribution is -0.0378. The van der Waals surface area contributed by atoms with E-state index in [-0.39, 0.29) is 16.6 Å². The van der Waals surface area contributed by atoms with E-state index in [9.17, 15) is 0 Å². The first-order valence-corrected chi connectivity index (χ1v) is 8.62. The van der Waals surface area contributed by atoms with E-state index in [0.29, 0.717) is 6.10 Å². The Labute approximate surface area is 131 Å². The van der Waals surface area contributed by atoms with E-state index in [0.717, 1.165) is 32.1 Å². The van der Waals surface area contributed by atoms with Gasteiger partial charge in [-0.2, -0.15) is 0 Å². The van der Waals surface area contributed by atoms with E-state index in [1.807, 2.05) is 0 Å². The van der Waals surface area contributed by atoms with Gasteiger partial charge in [0.25, 0.3) is 0 Å². The van der Waals surface area contributed by atoms with Gasteiger partial charge in [-0.3, -0.25) is 0 Å². The van der Waals surface area contributed by atoms with Crippen LogP contribution in [0.4, 0.5) is 0 Å². The van der Waals surface area contributed by atoms with Crippen LogP contribution in [0.5, 0.6) is 0 Å². The number of hydrogen-bond acceptors (Lipinski definition) is 3. The molecule has 2 aliphatic rings. The molecule has 2 unspecified atom stereocenters. The van der Waals surface area contributed by atoms with E-state index in [4.69, 9.17) is 9.47 Å². The van der Waals surface area contributed by atoms with Gasteiger partial charge in [0.2, 0.25) is 0 Å². The standard InChI is InChI=1S/C18H35NO2/c1-16(2,3)19-13-18(10-12-21-17(4,5)6)9-11-20-15(18)14-7-8-14/h14-15,19H,7-13H2,1-6H3. The molecule has 124 valence electrons. The molecule has 21 heavy (non-hydrogen) atoms. The SMILES string of the molecule is CC(C)(C)NCC1(CCOC(C)(C)C)CCOC1C1CC1. The van der Waals surface area contributed by atoms with Crippen LogP contribution in [0.1, 0.15) is 67.2 Å². The van der Waals surface area contributed by atoms with Gasteiger partial charge < -0.3 is 14.8 Å². The van der Waals surface area contributed by atoms with Crippen molar-refractivity contribution in [2.75, 3.05) is 19.8 Å². The highest BCUT2D eigenvalue weighted by Crippen LogP contribution is 2.49. The molecule has 0 aromatic rings. The first-order chi connectivity index (χ1) is 9.61. The Bertz CT molecular complexity index is 338. The minimum atomic E-state index is -0.0484. The molecule has 0 radical (unpaired) electrons. The van der Waals surface area contributed by atoms with Gasteiger partial charge in [-0.05, 0) is 73.1 Å². The normalized spacial score (nSPS) is 30.9. The summed E-state index contributed by atoms with van der Waals surface area (Å²) < 4.78 is 12.2. The van der Waals surface area contributed by atoms with Gasteiger partial charge in [0.1, 0.15) is 0 Å². The summed E-state index contributed by atoms with van der Waals surface area (Å²) in [6.07, 6.45) is 5.42. The quantitative estimate of drug-likeness (QED) is 0.809. The second-order valence-electron chi connectivity index (χ2n) is 9.06. The van der Waals surface area contributed by atoms with E-state index in [2.05, 4.69) is 46.9 Å². The Hall–Kier alpha value is -0.120. The summed E-state index contributed by atoms with van der Waals surface area (Å²) in [7, 11) is 0. The van der Waals surface area contributed by atoms with Gasteiger partial charge in [0.05, 0.1) is 11.7 Å². The Balaban J connectivity index is 1.99. The molecule has 1 aliphatic heterocycles. The van der Waals surface area contributed by atoms with Crippen molar-refractivity contribution in [3.05, 3.63) is 0 Å². The maximum absolute atomic E-state index is 6.15. The lowest BCUT2D eigenvalue weighted by atomic mass is 9.75. The van der Waals surface area contributed by atoms with Gasteiger partial charge in [-0.1, -0.05) is 0 Å². The van der Waals surface area contributed by atoms with E-state index in [1.165, 1.54) is 19.3 Å². The van der Waals surface area contributed by atoms with Gasteiger partial charge in [-0.15, -0.1) is 0 Å². The molecule has 2 atom stereocenters. The van der Waals surface area contributed by atoms with Crippen molar-refractivity contribution in [3.63, 3.8) is 0 Å². The smallest absolute Gasteiger partial charge is 0.0673 e. The highest BCUT2D eigenvalue weighted by molar-refractivity contribution is 5.01. The molecule has 0 spiro atoms. The lowest BCUT2D eigenvalue weighted by Gasteiger charge is -2.38. The van der Waals surface area contributed by atoms with Gasteiger partial charge in [0.15, 0.2) is 0 Å². The van der Waals surface area contributed by atoms with Crippen molar-refractivity contribution in [2.45, 2.75) is 84.5 Å². The van der Waals surface area contributed by atoms with Crippen LogP contribution < -0.4 is 5.32 Å². The molecule has 2 rings (SSSR count). The zero-order valence-electron chi connectivity index (χ0n) is 14.9. The van der Waals surface area contributed by atoms with Crippen LogP contribution in [-0.4, -0.2) is 37.0 Å². The molecule has 3 nitrogen and oxygen atoms in total. The summed E-state index contributed by atoms with van der Waals surface area (Å²) in [6.45, 7) is 15.9. The van der Waals surface area contributed by atoms with Gasteiger partial charge in [-0.25, -0.2) is 0 Å².